The number of hydrogen-bond acceptors (Lipinski definition) is 11. The Bertz CT molecular complexity index is 2050. The van der Waals surface area contributed by atoms with Gasteiger partial charge in [0.05, 0.1) is 44.0 Å². The van der Waals surface area contributed by atoms with Crippen LogP contribution in [-0.2, 0) is 6.42 Å². The summed E-state index contributed by atoms with van der Waals surface area (Å²) in [6, 6.07) is 14.4. The Morgan fingerprint density at radius 3 is 2.43 bits per heavy atom. The molecule has 4 bridgehead atoms. The normalized spacial score (nSPS) is 16.6. The standard InChI is InChI=1S/C24H32N4O.C21H27N5O/c1-25-24-17-20(18-8-13-27(2)14-9-18)21-16-23(29-3)19(15-22(21)26-24)7-6-12-28-10-4-5-11-28;1-16-14-18-7-5-12-26(13-10-22-2)11-4-6-17-15-19(8-9-20(17)27-3)25-21(23-16)24-18/h15-18H,4-5,8-14H2,1-3H3,(H,25,26);8-9,14-15,22H,5,7,10-13H2,1-3H3,(H,23,24,25). The van der Waals surface area contributed by atoms with Crippen LogP contribution >= 0.6 is 0 Å². The van der Waals surface area contributed by atoms with Crippen molar-refractivity contribution in [2.75, 3.05) is 105 Å². The number of ether oxygens (including phenoxy) is 2. The van der Waals surface area contributed by atoms with Crippen LogP contribution in [0.5, 0.6) is 11.5 Å². The molecule has 2 fully saturated rings. The van der Waals surface area contributed by atoms with E-state index in [1.54, 1.807) is 14.2 Å². The number of rotatable bonds is 8. The van der Waals surface area contributed by atoms with Gasteiger partial charge < -0.3 is 30.3 Å². The minimum atomic E-state index is 0.556. The number of piperidine rings is 1. The highest BCUT2D eigenvalue weighted by molar-refractivity contribution is 5.88. The Hall–Kier alpha value is -4.91. The first-order valence-corrected chi connectivity index (χ1v) is 20.1. The maximum Gasteiger partial charge on any atom is 0.227 e. The number of methoxy groups -OCH3 is 2. The fourth-order valence-electron chi connectivity index (χ4n) is 7.62. The fourth-order valence-corrected chi connectivity index (χ4v) is 7.62. The molecule has 7 rings (SSSR count). The molecule has 0 saturated carbocycles. The van der Waals surface area contributed by atoms with E-state index >= 15 is 0 Å². The van der Waals surface area contributed by atoms with Gasteiger partial charge in [0.15, 0.2) is 0 Å². The predicted molar refractivity (Wildman–Crippen MR) is 228 cm³/mol. The van der Waals surface area contributed by atoms with E-state index in [4.69, 9.17) is 14.5 Å². The van der Waals surface area contributed by atoms with E-state index in [2.05, 4.69) is 95.6 Å². The Morgan fingerprint density at radius 1 is 0.893 bits per heavy atom. The zero-order valence-corrected chi connectivity index (χ0v) is 34.2. The number of anilines is 3. The summed E-state index contributed by atoms with van der Waals surface area (Å²) < 4.78 is 11.2. The van der Waals surface area contributed by atoms with Crippen molar-refractivity contribution in [1.29, 1.82) is 0 Å². The van der Waals surface area contributed by atoms with Crippen molar-refractivity contribution in [3.8, 4) is 35.2 Å². The molecular weight excluding hydrogens is 699 g/mol. The van der Waals surface area contributed by atoms with Crippen molar-refractivity contribution in [2.45, 2.75) is 51.4 Å². The van der Waals surface area contributed by atoms with Gasteiger partial charge in [-0.2, -0.15) is 0 Å². The number of aryl methyl sites for hydroxylation is 2. The van der Waals surface area contributed by atoms with Crippen LogP contribution in [0.15, 0.2) is 42.5 Å². The van der Waals surface area contributed by atoms with Gasteiger partial charge in [-0.25, -0.2) is 15.0 Å². The molecular formula is C45H59N9O2. The molecule has 3 aliphatic rings. The third-order valence-electron chi connectivity index (χ3n) is 10.8. The average molecular weight is 758 g/mol. The van der Waals surface area contributed by atoms with Crippen LogP contribution in [0, 0.1) is 30.6 Å². The molecule has 3 aliphatic heterocycles. The number of likely N-dealkylation sites (N-methyl/N-ethyl adjacent to an activating group) is 1. The maximum absolute atomic E-state index is 5.72. The molecule has 2 saturated heterocycles. The zero-order chi connectivity index (χ0) is 39.3. The molecule has 0 unspecified atom stereocenters. The van der Waals surface area contributed by atoms with Crippen molar-refractivity contribution in [2.24, 2.45) is 0 Å². The maximum atomic E-state index is 5.72. The Morgan fingerprint density at radius 2 is 1.68 bits per heavy atom. The second kappa shape index (κ2) is 20.3. The van der Waals surface area contributed by atoms with Crippen molar-refractivity contribution in [1.82, 2.24) is 35.0 Å². The summed E-state index contributed by atoms with van der Waals surface area (Å²) in [5.41, 5.74) is 7.10. The van der Waals surface area contributed by atoms with Gasteiger partial charge in [-0.05, 0) is 146 Å². The lowest BCUT2D eigenvalue weighted by atomic mass is 9.87. The highest BCUT2D eigenvalue weighted by Gasteiger charge is 2.22. The number of nitrogens with zero attached hydrogens (tertiary/aromatic N) is 6. The Labute approximate surface area is 334 Å². The molecule has 5 heterocycles. The summed E-state index contributed by atoms with van der Waals surface area (Å²) in [5.74, 6) is 17.0. The number of nitrogens with one attached hydrogen (secondary N) is 3. The van der Waals surface area contributed by atoms with E-state index in [0.717, 1.165) is 123 Å². The first-order valence-electron chi connectivity index (χ1n) is 20.1. The van der Waals surface area contributed by atoms with Crippen molar-refractivity contribution in [3.63, 3.8) is 0 Å². The van der Waals surface area contributed by atoms with Gasteiger partial charge in [-0.1, -0.05) is 23.7 Å². The molecule has 0 radical (unpaired) electrons. The summed E-state index contributed by atoms with van der Waals surface area (Å²) in [5, 5.41) is 11.0. The highest BCUT2D eigenvalue weighted by atomic mass is 16.5. The van der Waals surface area contributed by atoms with E-state index in [9.17, 15) is 0 Å². The quantitative estimate of drug-likeness (QED) is 0.188. The lowest BCUT2D eigenvalue weighted by molar-refractivity contribution is 0.256. The molecule has 3 N–H and O–H groups in total. The van der Waals surface area contributed by atoms with Crippen LogP contribution in [0.2, 0.25) is 0 Å². The molecule has 0 atom stereocenters. The lowest BCUT2D eigenvalue weighted by Crippen LogP contribution is -2.32. The summed E-state index contributed by atoms with van der Waals surface area (Å²) >= 11 is 0. The van der Waals surface area contributed by atoms with Crippen LogP contribution in [-0.4, -0.2) is 124 Å². The average Bonchev–Trinajstić information content (AvgIpc) is 3.73. The first kappa shape index (κ1) is 40.7. The van der Waals surface area contributed by atoms with Crippen molar-refractivity contribution < 1.29 is 9.47 Å². The van der Waals surface area contributed by atoms with Crippen LogP contribution in [0.25, 0.3) is 10.9 Å². The molecule has 2 aromatic carbocycles. The molecule has 56 heavy (non-hydrogen) atoms. The number of benzene rings is 2. The number of hydrogen-bond donors (Lipinski definition) is 3. The summed E-state index contributed by atoms with van der Waals surface area (Å²) in [6.45, 7) is 11.1. The number of pyridine rings is 1. The van der Waals surface area contributed by atoms with Gasteiger partial charge in [0.25, 0.3) is 0 Å². The van der Waals surface area contributed by atoms with Crippen LogP contribution in [0.3, 0.4) is 0 Å². The van der Waals surface area contributed by atoms with E-state index < -0.39 is 0 Å². The lowest BCUT2D eigenvalue weighted by Gasteiger charge is -2.30. The summed E-state index contributed by atoms with van der Waals surface area (Å²) in [4.78, 5) is 21.2. The fraction of sp³-hybridized carbons (Fsp3) is 0.489. The number of likely N-dealkylation sites (tertiary alicyclic amines) is 2. The van der Waals surface area contributed by atoms with Crippen LogP contribution in [0.1, 0.15) is 66.1 Å². The van der Waals surface area contributed by atoms with Crippen LogP contribution in [0.4, 0.5) is 17.5 Å². The first-order chi connectivity index (χ1) is 27.3. The molecule has 11 nitrogen and oxygen atoms in total. The molecule has 0 amide bonds. The minimum Gasteiger partial charge on any atom is -0.495 e. The molecule has 0 spiro atoms. The second-order valence-corrected chi connectivity index (χ2v) is 14.9. The largest absolute Gasteiger partial charge is 0.495 e. The van der Waals surface area contributed by atoms with Crippen molar-refractivity contribution in [3.05, 3.63) is 70.5 Å². The molecule has 296 valence electrons. The third-order valence-corrected chi connectivity index (χ3v) is 10.8. The third kappa shape index (κ3) is 11.1. The number of fused-ring (bicyclic) bond motifs is 5. The minimum absolute atomic E-state index is 0.556. The van der Waals surface area contributed by atoms with Crippen LogP contribution < -0.4 is 25.4 Å². The topological polar surface area (TPSA) is 103 Å². The Balaban J connectivity index is 0.000000190. The van der Waals surface area contributed by atoms with Gasteiger partial charge in [-0.15, -0.1) is 0 Å². The summed E-state index contributed by atoms with van der Waals surface area (Å²) in [6.07, 6.45) is 6.90. The van der Waals surface area contributed by atoms with Gasteiger partial charge in [0, 0.05) is 42.6 Å². The highest BCUT2D eigenvalue weighted by Crippen LogP contribution is 2.36. The predicted octanol–water partition coefficient (Wildman–Crippen LogP) is 5.90. The number of aromatic nitrogens is 3. The molecule has 11 heteroatoms. The van der Waals surface area contributed by atoms with Gasteiger partial charge in [-0.3, -0.25) is 9.80 Å². The van der Waals surface area contributed by atoms with Gasteiger partial charge in [0.2, 0.25) is 5.95 Å². The van der Waals surface area contributed by atoms with E-state index in [1.807, 2.05) is 39.2 Å². The Kier molecular flexibility index (Phi) is 14.8. The SMILES string of the molecule is CNCCN1CC#Cc2cc(ccc2OC)Nc2nc(C)cc(n2)CCC1.CNc1cc(C2CCN(C)CC2)c2cc(OC)c(C#CCN3CCCC3)cc2n1. The second-order valence-electron chi connectivity index (χ2n) is 14.9. The van der Waals surface area contributed by atoms with Gasteiger partial charge >= 0.3 is 0 Å². The zero-order valence-electron chi connectivity index (χ0n) is 34.2. The van der Waals surface area contributed by atoms with E-state index in [1.165, 1.54) is 36.6 Å². The van der Waals surface area contributed by atoms with E-state index in [-0.39, 0.29) is 0 Å². The smallest absolute Gasteiger partial charge is 0.227 e. The van der Waals surface area contributed by atoms with Crippen molar-refractivity contribution >= 4 is 28.4 Å². The van der Waals surface area contributed by atoms with E-state index in [0.29, 0.717) is 11.9 Å². The summed E-state index contributed by atoms with van der Waals surface area (Å²) in [7, 11) is 9.52. The monoisotopic (exact) mass is 757 g/mol. The molecule has 0 aliphatic carbocycles. The molecule has 4 aromatic rings. The van der Waals surface area contributed by atoms with Gasteiger partial charge in [0.1, 0.15) is 17.3 Å². The molecule has 2 aromatic heterocycles.